The van der Waals surface area contributed by atoms with Crippen molar-refractivity contribution in [2.45, 2.75) is 39.3 Å². The van der Waals surface area contributed by atoms with Gasteiger partial charge in [0.1, 0.15) is 0 Å². The Bertz CT molecular complexity index is 587. The molecule has 3 nitrogen and oxygen atoms in total. The molecule has 0 aliphatic rings. The normalized spacial score (nSPS) is 14.4. The predicted molar refractivity (Wildman–Crippen MR) is 90.7 cm³/mol. The number of amides is 1. The number of rotatable bonds is 5. The Balaban J connectivity index is 2.03. The van der Waals surface area contributed by atoms with Crippen LogP contribution in [0.2, 0.25) is 0 Å². The summed E-state index contributed by atoms with van der Waals surface area (Å²) in [5, 5.41) is 15.3. The molecule has 2 unspecified atom stereocenters. The van der Waals surface area contributed by atoms with Gasteiger partial charge in [-0.1, -0.05) is 57.2 Å². The first-order valence-electron chi connectivity index (χ1n) is 7.43. The second-order valence-electron chi connectivity index (χ2n) is 6.51. The Hall–Kier alpha value is -1.65. The summed E-state index contributed by atoms with van der Waals surface area (Å²) >= 11 is 1.64. The number of aliphatic hydroxyl groups is 1. The molecule has 1 aromatic carbocycles. The summed E-state index contributed by atoms with van der Waals surface area (Å²) in [6.45, 7) is 6.31. The van der Waals surface area contributed by atoms with Crippen molar-refractivity contribution in [2.24, 2.45) is 5.41 Å². The standard InChI is InChI=1S/C18H23NO2S/c1-18(2,3)17(15-10-7-11-22-15)19-16(21)12-14(20)13-8-5-4-6-9-13/h4-11,14,17,20H,12H2,1-3H3,(H,19,21). The van der Waals surface area contributed by atoms with Crippen LogP contribution in [0.15, 0.2) is 47.8 Å². The number of hydrogen-bond acceptors (Lipinski definition) is 3. The predicted octanol–water partition coefficient (Wildman–Crippen LogP) is 4.08. The van der Waals surface area contributed by atoms with E-state index in [9.17, 15) is 9.90 Å². The lowest BCUT2D eigenvalue weighted by atomic mass is 9.85. The Kier molecular flexibility index (Phi) is 5.37. The molecule has 1 aromatic heterocycles. The summed E-state index contributed by atoms with van der Waals surface area (Å²) < 4.78 is 0. The number of benzene rings is 1. The minimum Gasteiger partial charge on any atom is -0.388 e. The maximum absolute atomic E-state index is 12.3. The van der Waals surface area contributed by atoms with Crippen LogP contribution in [0.4, 0.5) is 0 Å². The first kappa shape index (κ1) is 16.7. The van der Waals surface area contributed by atoms with Gasteiger partial charge < -0.3 is 10.4 Å². The molecule has 2 atom stereocenters. The highest BCUT2D eigenvalue weighted by atomic mass is 32.1. The van der Waals surface area contributed by atoms with Gasteiger partial charge in [0.15, 0.2) is 0 Å². The SMILES string of the molecule is CC(C)(C)C(NC(=O)CC(O)c1ccccc1)c1cccs1. The fourth-order valence-electron chi connectivity index (χ4n) is 2.36. The van der Waals surface area contributed by atoms with Crippen LogP contribution in [0.25, 0.3) is 0 Å². The molecule has 2 rings (SSSR count). The molecule has 2 aromatic rings. The summed E-state index contributed by atoms with van der Waals surface area (Å²) in [5.41, 5.74) is 0.680. The van der Waals surface area contributed by atoms with Crippen LogP contribution in [0.1, 0.15) is 49.8 Å². The van der Waals surface area contributed by atoms with Gasteiger partial charge in [-0.25, -0.2) is 0 Å². The zero-order valence-electron chi connectivity index (χ0n) is 13.2. The Morgan fingerprint density at radius 3 is 2.41 bits per heavy atom. The molecule has 0 saturated carbocycles. The van der Waals surface area contributed by atoms with Crippen LogP contribution in [-0.2, 0) is 4.79 Å². The van der Waals surface area contributed by atoms with Crippen LogP contribution >= 0.6 is 11.3 Å². The van der Waals surface area contributed by atoms with E-state index in [2.05, 4.69) is 26.1 Å². The molecule has 0 fully saturated rings. The topological polar surface area (TPSA) is 49.3 Å². The quantitative estimate of drug-likeness (QED) is 0.873. The molecular weight excluding hydrogens is 294 g/mol. The van der Waals surface area contributed by atoms with Crippen LogP contribution in [-0.4, -0.2) is 11.0 Å². The summed E-state index contributed by atoms with van der Waals surface area (Å²) in [7, 11) is 0. The lowest BCUT2D eigenvalue weighted by molar-refractivity contribution is -0.124. The van der Waals surface area contributed by atoms with E-state index in [-0.39, 0.29) is 23.8 Å². The van der Waals surface area contributed by atoms with E-state index in [4.69, 9.17) is 0 Å². The van der Waals surface area contributed by atoms with Crippen LogP contribution in [0, 0.1) is 5.41 Å². The third kappa shape index (κ3) is 4.42. The summed E-state index contributed by atoms with van der Waals surface area (Å²) in [4.78, 5) is 13.4. The molecule has 0 radical (unpaired) electrons. The van der Waals surface area contributed by atoms with Crippen LogP contribution < -0.4 is 5.32 Å². The minimum absolute atomic E-state index is 0.0528. The third-order valence-corrected chi connectivity index (χ3v) is 4.50. The van der Waals surface area contributed by atoms with Gasteiger partial charge in [0.2, 0.25) is 5.91 Å². The number of thiophene rings is 1. The number of nitrogens with one attached hydrogen (secondary N) is 1. The van der Waals surface area contributed by atoms with Crippen molar-refractivity contribution in [3.8, 4) is 0 Å². The third-order valence-electron chi connectivity index (χ3n) is 3.56. The fourth-order valence-corrected chi connectivity index (χ4v) is 3.38. The van der Waals surface area contributed by atoms with Crippen molar-refractivity contribution in [1.82, 2.24) is 5.32 Å². The average molecular weight is 317 g/mol. The number of aliphatic hydroxyl groups excluding tert-OH is 1. The van der Waals surface area contributed by atoms with E-state index < -0.39 is 6.10 Å². The van der Waals surface area contributed by atoms with Gasteiger partial charge in [-0.2, -0.15) is 0 Å². The molecule has 2 N–H and O–H groups in total. The van der Waals surface area contributed by atoms with Crippen molar-refractivity contribution < 1.29 is 9.90 Å². The Labute approximate surface area is 136 Å². The number of carbonyl (C=O) groups excluding carboxylic acids is 1. The monoisotopic (exact) mass is 317 g/mol. The maximum Gasteiger partial charge on any atom is 0.223 e. The highest BCUT2D eigenvalue weighted by Crippen LogP contribution is 2.35. The summed E-state index contributed by atoms with van der Waals surface area (Å²) in [5.74, 6) is -0.135. The van der Waals surface area contributed by atoms with Crippen molar-refractivity contribution in [1.29, 1.82) is 0 Å². The van der Waals surface area contributed by atoms with Crippen LogP contribution in [0.5, 0.6) is 0 Å². The van der Waals surface area contributed by atoms with Gasteiger partial charge in [0, 0.05) is 4.88 Å². The summed E-state index contributed by atoms with van der Waals surface area (Å²) in [6.07, 6.45) is -0.702. The van der Waals surface area contributed by atoms with Gasteiger partial charge in [0.25, 0.3) is 0 Å². The van der Waals surface area contributed by atoms with Gasteiger partial charge >= 0.3 is 0 Å². The fraction of sp³-hybridized carbons (Fsp3) is 0.389. The van der Waals surface area contributed by atoms with Crippen molar-refractivity contribution in [3.05, 3.63) is 58.3 Å². The first-order chi connectivity index (χ1) is 10.4. The highest BCUT2D eigenvalue weighted by Gasteiger charge is 2.29. The van der Waals surface area contributed by atoms with E-state index in [0.29, 0.717) is 0 Å². The zero-order valence-corrected chi connectivity index (χ0v) is 14.1. The molecule has 0 spiro atoms. The van der Waals surface area contributed by atoms with Gasteiger partial charge in [-0.3, -0.25) is 4.79 Å². The van der Waals surface area contributed by atoms with Crippen molar-refractivity contribution >= 4 is 17.2 Å². The van der Waals surface area contributed by atoms with Gasteiger partial charge in [0.05, 0.1) is 18.6 Å². The van der Waals surface area contributed by atoms with Gasteiger partial charge in [-0.15, -0.1) is 11.3 Å². The van der Waals surface area contributed by atoms with E-state index >= 15 is 0 Å². The lowest BCUT2D eigenvalue weighted by Gasteiger charge is -2.31. The number of hydrogen-bond donors (Lipinski definition) is 2. The second-order valence-corrected chi connectivity index (χ2v) is 7.49. The Morgan fingerprint density at radius 2 is 1.86 bits per heavy atom. The van der Waals surface area contributed by atoms with E-state index in [0.717, 1.165) is 10.4 Å². The molecule has 0 bridgehead atoms. The molecule has 1 amide bonds. The maximum atomic E-state index is 12.3. The molecule has 0 aliphatic carbocycles. The van der Waals surface area contributed by atoms with Crippen molar-refractivity contribution in [2.75, 3.05) is 0 Å². The van der Waals surface area contributed by atoms with Gasteiger partial charge in [-0.05, 0) is 22.4 Å². The first-order valence-corrected chi connectivity index (χ1v) is 8.31. The molecule has 118 valence electrons. The molecule has 1 heterocycles. The summed E-state index contributed by atoms with van der Waals surface area (Å²) in [6, 6.07) is 13.3. The largest absolute Gasteiger partial charge is 0.388 e. The smallest absolute Gasteiger partial charge is 0.223 e. The highest BCUT2D eigenvalue weighted by molar-refractivity contribution is 7.10. The molecule has 0 saturated heterocycles. The average Bonchev–Trinajstić information content (AvgIpc) is 2.98. The van der Waals surface area contributed by atoms with Crippen molar-refractivity contribution in [3.63, 3.8) is 0 Å². The lowest BCUT2D eigenvalue weighted by Crippen LogP contribution is -2.36. The molecular formula is C18H23NO2S. The zero-order chi connectivity index (χ0) is 16.2. The molecule has 22 heavy (non-hydrogen) atoms. The van der Waals surface area contributed by atoms with E-state index in [1.54, 1.807) is 11.3 Å². The van der Waals surface area contributed by atoms with E-state index in [1.165, 1.54) is 0 Å². The van der Waals surface area contributed by atoms with Crippen LogP contribution in [0.3, 0.4) is 0 Å². The molecule has 0 aliphatic heterocycles. The molecule has 4 heteroatoms. The second kappa shape index (κ2) is 7.07. The number of carbonyl (C=O) groups is 1. The van der Waals surface area contributed by atoms with E-state index in [1.807, 2.05) is 47.8 Å². The minimum atomic E-state index is -0.773. The Morgan fingerprint density at radius 1 is 1.18 bits per heavy atom.